The molecular formula is C10H9O2. The molecule has 12 heavy (non-hydrogen) atoms. The molecule has 0 atom stereocenters. The number of rotatable bonds is 2. The van der Waals surface area contributed by atoms with Gasteiger partial charge in [0.05, 0.1) is 12.0 Å². The van der Waals surface area contributed by atoms with Gasteiger partial charge < -0.3 is 9.15 Å². The van der Waals surface area contributed by atoms with Crippen LogP contribution in [0.1, 0.15) is 6.92 Å². The maximum atomic E-state index is 5.40. The van der Waals surface area contributed by atoms with Crippen molar-refractivity contribution in [2.45, 2.75) is 6.92 Å². The zero-order chi connectivity index (χ0) is 8.39. The summed E-state index contributed by atoms with van der Waals surface area (Å²) in [6.45, 7) is 2.63. The first kappa shape index (κ1) is 7.22. The topological polar surface area (TPSA) is 22.4 Å². The lowest BCUT2D eigenvalue weighted by Crippen LogP contribution is -1.90. The summed E-state index contributed by atoms with van der Waals surface area (Å²) in [5.41, 5.74) is 0.820. The average Bonchev–Trinajstić information content (AvgIpc) is 2.53. The summed E-state index contributed by atoms with van der Waals surface area (Å²) in [6, 6.07) is 7.52. The normalized spacial score (nSPS) is 10.4. The summed E-state index contributed by atoms with van der Waals surface area (Å²) in [5.74, 6) is 0.861. The zero-order valence-electron chi connectivity index (χ0n) is 6.83. The molecule has 0 saturated carbocycles. The number of hydrogen-bond donors (Lipinski definition) is 0. The van der Waals surface area contributed by atoms with E-state index in [9.17, 15) is 0 Å². The van der Waals surface area contributed by atoms with Crippen LogP contribution in [0.25, 0.3) is 11.0 Å². The van der Waals surface area contributed by atoms with E-state index in [1.54, 1.807) is 6.07 Å². The molecule has 61 valence electrons. The minimum atomic E-state index is 0.671. The van der Waals surface area contributed by atoms with E-state index in [0.717, 1.165) is 16.7 Å². The number of benzene rings is 1. The van der Waals surface area contributed by atoms with Crippen molar-refractivity contribution < 1.29 is 9.15 Å². The van der Waals surface area contributed by atoms with E-state index in [0.29, 0.717) is 6.61 Å². The molecule has 1 radical (unpaired) electrons. The average molecular weight is 161 g/mol. The van der Waals surface area contributed by atoms with E-state index < -0.39 is 0 Å². The van der Waals surface area contributed by atoms with Gasteiger partial charge in [0, 0.05) is 0 Å². The molecule has 2 nitrogen and oxygen atoms in total. The fraction of sp³-hybridized carbons (Fsp3) is 0.200. The van der Waals surface area contributed by atoms with Gasteiger partial charge in [-0.1, -0.05) is 6.07 Å². The van der Waals surface area contributed by atoms with Crippen LogP contribution in [0, 0.1) is 6.26 Å². The summed E-state index contributed by atoms with van der Waals surface area (Å²) < 4.78 is 10.5. The third-order valence-electron chi connectivity index (χ3n) is 1.70. The van der Waals surface area contributed by atoms with E-state index >= 15 is 0 Å². The van der Waals surface area contributed by atoms with Crippen LogP contribution in [0.2, 0.25) is 0 Å². The van der Waals surface area contributed by atoms with Crippen LogP contribution in [-0.4, -0.2) is 6.61 Å². The van der Waals surface area contributed by atoms with Crippen LogP contribution in [0.4, 0.5) is 0 Å². The van der Waals surface area contributed by atoms with Crippen molar-refractivity contribution >= 4 is 11.0 Å². The molecule has 0 amide bonds. The Morgan fingerprint density at radius 3 is 3.25 bits per heavy atom. The second-order valence-corrected chi connectivity index (χ2v) is 2.47. The molecule has 0 fully saturated rings. The number of ether oxygens (including phenoxy) is 1. The molecule has 0 aliphatic carbocycles. The van der Waals surface area contributed by atoms with Crippen LogP contribution in [-0.2, 0) is 0 Å². The highest BCUT2D eigenvalue weighted by Crippen LogP contribution is 2.25. The Hall–Kier alpha value is -1.44. The first-order chi connectivity index (χ1) is 5.92. The van der Waals surface area contributed by atoms with Crippen molar-refractivity contribution in [1.29, 1.82) is 0 Å². The molecular weight excluding hydrogens is 152 g/mol. The van der Waals surface area contributed by atoms with Gasteiger partial charge in [-0.05, 0) is 25.1 Å². The van der Waals surface area contributed by atoms with E-state index in [1.165, 1.54) is 0 Å². The lowest BCUT2D eigenvalue weighted by molar-refractivity contribution is 0.344. The van der Waals surface area contributed by atoms with Gasteiger partial charge in [0.25, 0.3) is 0 Å². The smallest absolute Gasteiger partial charge is 0.170 e. The molecule has 0 N–H and O–H groups in total. The molecule has 0 spiro atoms. The molecule has 2 aromatic rings. The Labute approximate surface area is 70.8 Å². The summed E-state index contributed by atoms with van der Waals surface area (Å²) in [4.78, 5) is 0. The van der Waals surface area contributed by atoms with Crippen LogP contribution in [0.3, 0.4) is 0 Å². The summed E-state index contributed by atoms with van der Waals surface area (Å²) in [5, 5.41) is 0.986. The van der Waals surface area contributed by atoms with Gasteiger partial charge in [0.2, 0.25) is 0 Å². The highest BCUT2D eigenvalue weighted by atomic mass is 16.5. The molecule has 1 heterocycles. The molecule has 0 bridgehead atoms. The van der Waals surface area contributed by atoms with Crippen molar-refractivity contribution in [2.75, 3.05) is 6.61 Å². The predicted octanol–water partition coefficient (Wildman–Crippen LogP) is 2.63. The minimum absolute atomic E-state index is 0.671. The second-order valence-electron chi connectivity index (χ2n) is 2.47. The van der Waals surface area contributed by atoms with Crippen molar-refractivity contribution in [2.24, 2.45) is 0 Å². The minimum Gasteiger partial charge on any atom is -0.493 e. The molecule has 0 aliphatic heterocycles. The molecule has 2 rings (SSSR count). The third-order valence-corrected chi connectivity index (χ3v) is 1.70. The third kappa shape index (κ3) is 1.05. The molecule has 1 aromatic heterocycles. The summed E-state index contributed by atoms with van der Waals surface area (Å²) >= 11 is 0. The Kier molecular flexibility index (Phi) is 1.74. The number of fused-ring (bicyclic) bond motifs is 1. The maximum Gasteiger partial charge on any atom is 0.170 e. The van der Waals surface area contributed by atoms with Crippen LogP contribution < -0.4 is 4.74 Å². The Morgan fingerprint density at radius 1 is 1.50 bits per heavy atom. The first-order valence-corrected chi connectivity index (χ1v) is 3.93. The monoisotopic (exact) mass is 161 g/mol. The quantitative estimate of drug-likeness (QED) is 0.675. The Morgan fingerprint density at radius 2 is 2.42 bits per heavy atom. The van der Waals surface area contributed by atoms with Gasteiger partial charge in [-0.3, -0.25) is 0 Å². The lowest BCUT2D eigenvalue weighted by atomic mass is 10.2. The highest BCUT2D eigenvalue weighted by molar-refractivity contribution is 5.83. The number of hydrogen-bond acceptors (Lipinski definition) is 2. The van der Waals surface area contributed by atoms with E-state index in [-0.39, 0.29) is 0 Å². The lowest BCUT2D eigenvalue weighted by Gasteiger charge is -2.02. The van der Waals surface area contributed by atoms with E-state index in [2.05, 4.69) is 6.26 Å². The summed E-state index contributed by atoms with van der Waals surface area (Å²) in [7, 11) is 0. The second kappa shape index (κ2) is 2.89. The van der Waals surface area contributed by atoms with Crippen molar-refractivity contribution in [3.8, 4) is 5.75 Å². The van der Waals surface area contributed by atoms with Crippen molar-refractivity contribution in [3.63, 3.8) is 0 Å². The number of furan rings is 1. The van der Waals surface area contributed by atoms with Gasteiger partial charge in [-0.15, -0.1) is 0 Å². The first-order valence-electron chi connectivity index (χ1n) is 3.93. The van der Waals surface area contributed by atoms with Gasteiger partial charge in [-0.2, -0.15) is 0 Å². The van der Waals surface area contributed by atoms with E-state index in [1.807, 2.05) is 25.1 Å². The SMILES string of the molecule is CCOc1cccc2o[c]cc12. The van der Waals surface area contributed by atoms with Crippen LogP contribution >= 0.6 is 0 Å². The summed E-state index contributed by atoms with van der Waals surface area (Å²) in [6.07, 6.45) is 2.68. The van der Waals surface area contributed by atoms with Gasteiger partial charge in [0.15, 0.2) is 6.26 Å². The van der Waals surface area contributed by atoms with Gasteiger partial charge in [0.1, 0.15) is 11.3 Å². The molecule has 0 unspecified atom stereocenters. The zero-order valence-corrected chi connectivity index (χ0v) is 6.83. The van der Waals surface area contributed by atoms with Crippen LogP contribution in [0.5, 0.6) is 5.75 Å². The predicted molar refractivity (Wildman–Crippen MR) is 46.2 cm³/mol. The molecule has 0 saturated heterocycles. The molecule has 0 aliphatic rings. The highest BCUT2D eigenvalue weighted by Gasteiger charge is 2.02. The molecule has 1 aromatic carbocycles. The fourth-order valence-electron chi connectivity index (χ4n) is 1.19. The van der Waals surface area contributed by atoms with E-state index in [4.69, 9.17) is 9.15 Å². The Balaban J connectivity index is 2.57. The Bertz CT molecular complexity index is 376. The van der Waals surface area contributed by atoms with Crippen LogP contribution in [0.15, 0.2) is 28.7 Å². The fourth-order valence-corrected chi connectivity index (χ4v) is 1.19. The van der Waals surface area contributed by atoms with Crippen molar-refractivity contribution in [3.05, 3.63) is 30.5 Å². The van der Waals surface area contributed by atoms with Gasteiger partial charge >= 0.3 is 0 Å². The van der Waals surface area contributed by atoms with Gasteiger partial charge in [-0.25, -0.2) is 0 Å². The largest absolute Gasteiger partial charge is 0.493 e. The molecule has 2 heteroatoms. The van der Waals surface area contributed by atoms with Crippen molar-refractivity contribution in [1.82, 2.24) is 0 Å². The standard InChI is InChI=1S/C10H9O2/c1-2-11-9-4-3-5-10-8(9)6-7-12-10/h3-6H,2H2,1H3. The maximum absolute atomic E-state index is 5.40.